The maximum Gasteiger partial charge on any atom is 0.231 e. The highest BCUT2D eigenvalue weighted by atomic mass is 35.5. The van der Waals surface area contributed by atoms with E-state index in [1.807, 2.05) is 12.1 Å². The summed E-state index contributed by atoms with van der Waals surface area (Å²) in [5.74, 6) is 1.78. The molecule has 0 unspecified atom stereocenters. The van der Waals surface area contributed by atoms with Gasteiger partial charge in [0.1, 0.15) is 5.75 Å². The Balaban J connectivity index is 1.49. The zero-order valence-electron chi connectivity index (χ0n) is 14.6. The fourth-order valence-corrected chi connectivity index (χ4v) is 3.60. The van der Waals surface area contributed by atoms with Crippen molar-refractivity contribution in [1.82, 2.24) is 0 Å². The second-order valence-corrected chi connectivity index (χ2v) is 7.26. The lowest BCUT2D eigenvalue weighted by Crippen LogP contribution is -2.27. The van der Waals surface area contributed by atoms with E-state index in [1.54, 1.807) is 25.1 Å². The zero-order chi connectivity index (χ0) is 19.0. The summed E-state index contributed by atoms with van der Waals surface area (Å²) >= 11 is 12.0. The van der Waals surface area contributed by atoms with E-state index in [-0.39, 0.29) is 19.0 Å². The minimum Gasteiger partial charge on any atom is -0.481 e. The first-order valence-corrected chi connectivity index (χ1v) is 9.37. The van der Waals surface area contributed by atoms with Crippen molar-refractivity contribution >= 4 is 34.7 Å². The Morgan fingerprint density at radius 3 is 2.78 bits per heavy atom. The number of Topliss-reactive ketones (excluding diaryl/α,β-unsaturated/α-hetero) is 1. The Bertz CT molecular complexity index is 942. The van der Waals surface area contributed by atoms with Gasteiger partial charge in [-0.05, 0) is 49.2 Å². The van der Waals surface area contributed by atoms with E-state index in [0.29, 0.717) is 28.1 Å². The number of carbonyl (C=O) groups excluding carboxylic acids is 1. The minimum absolute atomic E-state index is 0.0784. The number of ether oxygens (including phenoxy) is 3. The molecule has 2 aliphatic rings. The van der Waals surface area contributed by atoms with E-state index in [1.165, 1.54) is 0 Å². The topological polar surface area (TPSA) is 57.1 Å². The quantitative estimate of drug-likeness (QED) is 0.734. The third-order valence-electron chi connectivity index (χ3n) is 4.59. The minimum atomic E-state index is -0.661. The van der Waals surface area contributed by atoms with Crippen molar-refractivity contribution in [3.8, 4) is 17.2 Å². The van der Waals surface area contributed by atoms with Crippen molar-refractivity contribution in [1.29, 1.82) is 0 Å². The summed E-state index contributed by atoms with van der Waals surface area (Å²) in [5.41, 5.74) is 2.80. The van der Waals surface area contributed by atoms with Crippen LogP contribution in [0.3, 0.4) is 0 Å². The van der Waals surface area contributed by atoms with Crippen molar-refractivity contribution in [2.24, 2.45) is 4.99 Å². The third-order valence-corrected chi connectivity index (χ3v) is 5.12. The summed E-state index contributed by atoms with van der Waals surface area (Å²) < 4.78 is 16.6. The fraction of sp³-hybridized carbons (Fsp3) is 0.300. The number of carbonyl (C=O) groups is 1. The summed E-state index contributed by atoms with van der Waals surface area (Å²) in [4.78, 5) is 17.3. The van der Waals surface area contributed by atoms with Crippen LogP contribution in [0.2, 0.25) is 10.0 Å². The van der Waals surface area contributed by atoms with Crippen LogP contribution in [0.4, 0.5) is 0 Å². The van der Waals surface area contributed by atoms with Crippen LogP contribution < -0.4 is 14.2 Å². The molecule has 0 radical (unpaired) electrons. The van der Waals surface area contributed by atoms with Crippen LogP contribution >= 0.6 is 23.2 Å². The number of aliphatic imine (C=N–C) groups is 1. The summed E-state index contributed by atoms with van der Waals surface area (Å²) in [7, 11) is 0. The molecular weight excluding hydrogens is 389 g/mol. The second-order valence-electron chi connectivity index (χ2n) is 6.42. The summed E-state index contributed by atoms with van der Waals surface area (Å²) in [6.45, 7) is 2.57. The van der Waals surface area contributed by atoms with E-state index in [0.717, 1.165) is 29.0 Å². The average Bonchev–Trinajstić information content (AvgIpc) is 3.10. The lowest BCUT2D eigenvalue weighted by atomic mass is 9.93. The fourth-order valence-electron chi connectivity index (χ4n) is 3.14. The van der Waals surface area contributed by atoms with E-state index in [4.69, 9.17) is 37.4 Å². The molecule has 0 aromatic heterocycles. The van der Waals surface area contributed by atoms with E-state index < -0.39 is 6.10 Å². The Labute approximate surface area is 166 Å². The van der Waals surface area contributed by atoms with Crippen LogP contribution in [0.1, 0.15) is 24.5 Å². The molecule has 2 heterocycles. The molecule has 0 saturated heterocycles. The number of hydrogen-bond acceptors (Lipinski definition) is 5. The molecule has 2 aromatic rings. The largest absolute Gasteiger partial charge is 0.481 e. The van der Waals surface area contributed by atoms with Gasteiger partial charge in [0, 0.05) is 22.8 Å². The Kier molecular flexibility index (Phi) is 4.98. The highest BCUT2D eigenvalue weighted by Gasteiger charge is 2.25. The first-order chi connectivity index (χ1) is 13.0. The summed E-state index contributed by atoms with van der Waals surface area (Å²) in [6.07, 6.45) is 0.334. The summed E-state index contributed by atoms with van der Waals surface area (Å²) in [5, 5.41) is 0.883. The van der Waals surface area contributed by atoms with Crippen molar-refractivity contribution in [3.05, 3.63) is 51.5 Å². The van der Waals surface area contributed by atoms with E-state index in [9.17, 15) is 4.79 Å². The van der Waals surface area contributed by atoms with E-state index in [2.05, 4.69) is 4.99 Å². The third kappa shape index (κ3) is 3.75. The Hall–Kier alpha value is -2.24. The normalized spacial score (nSPS) is 15.7. The predicted molar refractivity (Wildman–Crippen MR) is 104 cm³/mol. The first kappa shape index (κ1) is 18.1. The van der Waals surface area contributed by atoms with Crippen molar-refractivity contribution in [2.45, 2.75) is 25.9 Å². The molecule has 27 heavy (non-hydrogen) atoms. The highest BCUT2D eigenvalue weighted by Crippen LogP contribution is 2.36. The molecule has 140 valence electrons. The van der Waals surface area contributed by atoms with Gasteiger partial charge >= 0.3 is 0 Å². The molecule has 0 amide bonds. The summed E-state index contributed by atoms with van der Waals surface area (Å²) in [6, 6.07) is 8.79. The van der Waals surface area contributed by atoms with Crippen LogP contribution in [0.5, 0.6) is 17.2 Å². The highest BCUT2D eigenvalue weighted by molar-refractivity contribution is 6.35. The molecule has 0 spiro atoms. The van der Waals surface area contributed by atoms with Crippen molar-refractivity contribution in [2.75, 3.05) is 13.3 Å². The van der Waals surface area contributed by atoms with Crippen LogP contribution in [0.15, 0.2) is 35.3 Å². The van der Waals surface area contributed by atoms with Crippen molar-refractivity contribution < 1.29 is 19.0 Å². The van der Waals surface area contributed by atoms with Crippen LogP contribution in [0, 0.1) is 0 Å². The van der Waals surface area contributed by atoms with Crippen molar-refractivity contribution in [3.63, 3.8) is 0 Å². The second kappa shape index (κ2) is 7.41. The van der Waals surface area contributed by atoms with Gasteiger partial charge in [-0.2, -0.15) is 0 Å². The number of nitrogens with zero attached hydrogens (tertiary/aromatic N) is 1. The number of rotatable bonds is 5. The number of hydrogen-bond donors (Lipinski definition) is 0. The maximum absolute atomic E-state index is 12.7. The lowest BCUT2D eigenvalue weighted by molar-refractivity contribution is -0.123. The molecule has 7 heteroatoms. The van der Waals surface area contributed by atoms with Gasteiger partial charge in [-0.25, -0.2) is 0 Å². The molecule has 5 nitrogen and oxygen atoms in total. The van der Waals surface area contributed by atoms with Gasteiger partial charge in [-0.15, -0.1) is 0 Å². The lowest BCUT2D eigenvalue weighted by Gasteiger charge is -2.19. The average molecular weight is 406 g/mol. The van der Waals surface area contributed by atoms with E-state index >= 15 is 0 Å². The van der Waals surface area contributed by atoms with Gasteiger partial charge in [0.15, 0.2) is 23.4 Å². The maximum atomic E-state index is 12.7. The molecule has 0 saturated carbocycles. The molecule has 2 aromatic carbocycles. The molecule has 2 aliphatic heterocycles. The number of ketones is 1. The van der Waals surface area contributed by atoms with Gasteiger partial charge in [0.25, 0.3) is 0 Å². The van der Waals surface area contributed by atoms with Gasteiger partial charge in [-0.1, -0.05) is 23.2 Å². The number of halogens is 2. The molecule has 0 bridgehead atoms. The number of fused-ring (bicyclic) bond motifs is 2. The van der Waals surface area contributed by atoms with Gasteiger partial charge in [-0.3, -0.25) is 9.79 Å². The number of benzene rings is 2. The van der Waals surface area contributed by atoms with Gasteiger partial charge < -0.3 is 14.2 Å². The van der Waals surface area contributed by atoms with Gasteiger partial charge in [0.05, 0.1) is 11.4 Å². The SMILES string of the molecule is C[C@H](Oc1ccc(Cl)cc1Cl)C(=O)CC1=NCCc2cc3c(cc21)OCO3. The van der Waals surface area contributed by atoms with Gasteiger partial charge in [0.2, 0.25) is 6.79 Å². The molecule has 4 rings (SSSR count). The standard InChI is InChI=1S/C20H17Cl2NO4/c1-11(27-18-3-2-13(21)7-15(18)22)17(24)9-16-14-8-20-19(25-10-26-20)6-12(14)4-5-23-16/h2-3,6-8,11H,4-5,9-10H2,1H3/t11-/m0/s1. The molecule has 1 atom stereocenters. The van der Waals surface area contributed by atoms with Crippen LogP contribution in [0.25, 0.3) is 0 Å². The monoisotopic (exact) mass is 405 g/mol. The molecule has 0 N–H and O–H groups in total. The Morgan fingerprint density at radius 1 is 1.22 bits per heavy atom. The first-order valence-electron chi connectivity index (χ1n) is 8.62. The van der Waals surface area contributed by atoms with Crippen LogP contribution in [-0.2, 0) is 11.2 Å². The predicted octanol–water partition coefficient (Wildman–Crippen LogP) is 4.49. The smallest absolute Gasteiger partial charge is 0.231 e. The Morgan fingerprint density at radius 2 is 2.00 bits per heavy atom. The van der Waals surface area contributed by atoms with Crippen LogP contribution in [-0.4, -0.2) is 30.9 Å². The molecule has 0 aliphatic carbocycles. The molecule has 0 fully saturated rings. The molecular formula is C20H17Cl2NO4. The zero-order valence-corrected chi connectivity index (χ0v) is 16.1.